The second-order valence-electron chi connectivity index (χ2n) is 6.40. The van der Waals surface area contributed by atoms with Gasteiger partial charge in [0.1, 0.15) is 10.8 Å². The highest BCUT2D eigenvalue weighted by atomic mass is 32.1. The topological polar surface area (TPSA) is 77.2 Å². The summed E-state index contributed by atoms with van der Waals surface area (Å²) < 4.78 is 6.32. The fourth-order valence-electron chi connectivity index (χ4n) is 3.28. The van der Waals surface area contributed by atoms with Crippen LogP contribution in [0.25, 0.3) is 10.2 Å². The van der Waals surface area contributed by atoms with Crippen molar-refractivity contribution in [2.45, 2.75) is 26.2 Å². The number of nitrogens with zero attached hydrogens (tertiary/aromatic N) is 1. The molecule has 0 bridgehead atoms. The fourth-order valence-corrected chi connectivity index (χ4v) is 5.61. The van der Waals surface area contributed by atoms with Crippen molar-refractivity contribution in [1.82, 2.24) is 4.98 Å². The number of ether oxygens (including phenoxy) is 1. The molecule has 3 N–H and O–H groups in total. The van der Waals surface area contributed by atoms with Gasteiger partial charge in [-0.3, -0.25) is 4.79 Å². The van der Waals surface area contributed by atoms with Crippen LogP contribution in [-0.4, -0.2) is 18.0 Å². The number of benzene rings is 1. The van der Waals surface area contributed by atoms with Gasteiger partial charge >= 0.3 is 0 Å². The molecule has 1 aliphatic carbocycles. The first kappa shape index (κ1) is 16.4. The van der Waals surface area contributed by atoms with E-state index in [9.17, 15) is 4.79 Å². The molecule has 4 rings (SSSR count). The molecule has 3 aromatic rings. The maximum atomic E-state index is 12.0. The monoisotopic (exact) mass is 373 g/mol. The predicted molar refractivity (Wildman–Crippen MR) is 103 cm³/mol. The van der Waals surface area contributed by atoms with Gasteiger partial charge in [-0.25, -0.2) is 4.98 Å². The minimum atomic E-state index is -0.364. The van der Waals surface area contributed by atoms with Gasteiger partial charge in [0.2, 0.25) is 0 Å². The Bertz CT molecular complexity index is 961. The van der Waals surface area contributed by atoms with E-state index in [1.807, 2.05) is 18.2 Å². The van der Waals surface area contributed by atoms with Crippen molar-refractivity contribution in [3.63, 3.8) is 0 Å². The number of aromatic nitrogens is 1. The number of methoxy groups -OCH3 is 1. The lowest BCUT2D eigenvalue weighted by atomic mass is 9.88. The van der Waals surface area contributed by atoms with Crippen LogP contribution >= 0.6 is 22.7 Å². The largest absolute Gasteiger partial charge is 0.497 e. The molecule has 0 radical (unpaired) electrons. The van der Waals surface area contributed by atoms with Crippen molar-refractivity contribution < 1.29 is 9.53 Å². The number of rotatable bonds is 4. The molecule has 0 aliphatic heterocycles. The SMILES string of the molecule is COc1ccc2sc(Nc3sc4c(c3C(N)=O)CCC(C)C4)nc2c1. The van der Waals surface area contributed by atoms with Crippen LogP contribution in [0.5, 0.6) is 5.75 Å². The molecule has 0 fully saturated rings. The molecular formula is C18H19N3O2S2. The van der Waals surface area contributed by atoms with Gasteiger partial charge in [-0.1, -0.05) is 18.3 Å². The Morgan fingerprint density at radius 1 is 1.40 bits per heavy atom. The maximum absolute atomic E-state index is 12.0. The summed E-state index contributed by atoms with van der Waals surface area (Å²) in [4.78, 5) is 17.9. The Hall–Kier alpha value is -2.12. The third-order valence-corrected chi connectivity index (χ3v) is 6.69. The molecule has 1 aromatic carbocycles. The molecule has 130 valence electrons. The van der Waals surface area contributed by atoms with Gasteiger partial charge < -0.3 is 15.8 Å². The number of hydrogen-bond donors (Lipinski definition) is 2. The number of amides is 1. The van der Waals surface area contributed by atoms with Crippen LogP contribution in [0.2, 0.25) is 0 Å². The smallest absolute Gasteiger partial charge is 0.251 e. The van der Waals surface area contributed by atoms with E-state index in [1.54, 1.807) is 29.8 Å². The van der Waals surface area contributed by atoms with E-state index < -0.39 is 0 Å². The molecule has 7 heteroatoms. The van der Waals surface area contributed by atoms with Gasteiger partial charge in [0, 0.05) is 10.9 Å². The van der Waals surface area contributed by atoms with Gasteiger partial charge in [0.15, 0.2) is 5.13 Å². The zero-order valence-electron chi connectivity index (χ0n) is 14.1. The van der Waals surface area contributed by atoms with Gasteiger partial charge in [0.25, 0.3) is 5.91 Å². The van der Waals surface area contributed by atoms with E-state index >= 15 is 0 Å². The van der Waals surface area contributed by atoms with Crippen molar-refractivity contribution in [3.8, 4) is 5.75 Å². The average Bonchev–Trinajstić information content (AvgIpc) is 3.13. The number of thiophene rings is 1. The van der Waals surface area contributed by atoms with E-state index in [1.165, 1.54) is 4.88 Å². The molecule has 5 nitrogen and oxygen atoms in total. The summed E-state index contributed by atoms with van der Waals surface area (Å²) in [6, 6.07) is 5.82. The molecule has 0 saturated heterocycles. The third kappa shape index (κ3) is 2.98. The number of anilines is 2. The molecule has 1 aliphatic rings. The molecular weight excluding hydrogens is 354 g/mol. The lowest BCUT2D eigenvalue weighted by Crippen LogP contribution is -2.17. The van der Waals surface area contributed by atoms with E-state index in [2.05, 4.69) is 17.2 Å². The van der Waals surface area contributed by atoms with E-state index in [-0.39, 0.29) is 5.91 Å². The summed E-state index contributed by atoms with van der Waals surface area (Å²) in [5, 5.41) is 4.92. The number of nitrogens with two attached hydrogens (primary N) is 1. The molecule has 1 amide bonds. The van der Waals surface area contributed by atoms with Crippen molar-refractivity contribution in [2.75, 3.05) is 12.4 Å². The summed E-state index contributed by atoms with van der Waals surface area (Å²) in [7, 11) is 1.64. The van der Waals surface area contributed by atoms with Crippen LogP contribution in [0, 0.1) is 5.92 Å². The Morgan fingerprint density at radius 3 is 3.00 bits per heavy atom. The normalized spacial score (nSPS) is 16.6. The first-order chi connectivity index (χ1) is 12.0. The molecule has 0 saturated carbocycles. The molecule has 1 unspecified atom stereocenters. The Kier molecular flexibility index (Phi) is 4.13. The Morgan fingerprint density at radius 2 is 2.24 bits per heavy atom. The number of primary amides is 1. The first-order valence-electron chi connectivity index (χ1n) is 8.21. The molecule has 2 aromatic heterocycles. The molecule has 25 heavy (non-hydrogen) atoms. The highest BCUT2D eigenvalue weighted by Crippen LogP contribution is 2.41. The number of carbonyl (C=O) groups is 1. The van der Waals surface area contributed by atoms with Crippen molar-refractivity contribution in [1.29, 1.82) is 0 Å². The number of carbonyl (C=O) groups excluding carboxylic acids is 1. The van der Waals surface area contributed by atoms with Crippen LogP contribution in [0.1, 0.15) is 34.1 Å². The molecule has 1 atom stereocenters. The van der Waals surface area contributed by atoms with Crippen LogP contribution in [0.15, 0.2) is 18.2 Å². The zero-order valence-corrected chi connectivity index (χ0v) is 15.7. The van der Waals surface area contributed by atoms with Crippen LogP contribution in [-0.2, 0) is 12.8 Å². The van der Waals surface area contributed by atoms with Crippen LogP contribution in [0.4, 0.5) is 10.1 Å². The lowest BCUT2D eigenvalue weighted by molar-refractivity contribution is 0.1000. The van der Waals surface area contributed by atoms with Gasteiger partial charge in [0.05, 0.1) is 22.9 Å². The van der Waals surface area contributed by atoms with Crippen LogP contribution < -0.4 is 15.8 Å². The van der Waals surface area contributed by atoms with E-state index in [0.29, 0.717) is 11.5 Å². The highest BCUT2D eigenvalue weighted by molar-refractivity contribution is 7.23. The second kappa shape index (κ2) is 6.31. The summed E-state index contributed by atoms with van der Waals surface area (Å²) in [6.07, 6.45) is 3.04. The lowest BCUT2D eigenvalue weighted by Gasteiger charge is -2.18. The van der Waals surface area contributed by atoms with Gasteiger partial charge in [-0.05, 0) is 42.9 Å². The summed E-state index contributed by atoms with van der Waals surface area (Å²) in [5.41, 5.74) is 8.32. The van der Waals surface area contributed by atoms with Gasteiger partial charge in [-0.15, -0.1) is 11.3 Å². The average molecular weight is 374 g/mol. The molecule has 0 spiro atoms. The zero-order chi connectivity index (χ0) is 17.6. The number of hydrogen-bond acceptors (Lipinski definition) is 6. The predicted octanol–water partition coefficient (Wildman–Crippen LogP) is 4.33. The molecule has 2 heterocycles. The number of fused-ring (bicyclic) bond motifs is 2. The maximum Gasteiger partial charge on any atom is 0.251 e. The Labute approximate surface area is 153 Å². The summed E-state index contributed by atoms with van der Waals surface area (Å²) >= 11 is 3.19. The second-order valence-corrected chi connectivity index (χ2v) is 8.53. The van der Waals surface area contributed by atoms with Gasteiger partial charge in [-0.2, -0.15) is 0 Å². The fraction of sp³-hybridized carbons (Fsp3) is 0.333. The Balaban J connectivity index is 1.72. The van der Waals surface area contributed by atoms with Crippen molar-refractivity contribution in [3.05, 3.63) is 34.2 Å². The minimum Gasteiger partial charge on any atom is -0.497 e. The number of nitrogens with one attached hydrogen (secondary N) is 1. The standard InChI is InChI=1S/C18H19N3O2S2/c1-9-3-5-11-14(7-9)24-17(15(11)16(19)22)21-18-20-12-8-10(23-2)4-6-13(12)25-18/h4,6,8-9H,3,5,7H2,1-2H3,(H2,19,22)(H,20,21). The third-order valence-electron chi connectivity index (χ3n) is 4.57. The van der Waals surface area contributed by atoms with E-state index in [4.69, 9.17) is 10.5 Å². The van der Waals surface area contributed by atoms with E-state index in [0.717, 1.165) is 50.9 Å². The quantitative estimate of drug-likeness (QED) is 0.713. The van der Waals surface area contributed by atoms with Crippen LogP contribution in [0.3, 0.4) is 0 Å². The first-order valence-corrected chi connectivity index (χ1v) is 9.84. The summed E-state index contributed by atoms with van der Waals surface area (Å²) in [6.45, 7) is 2.25. The van der Waals surface area contributed by atoms with Crippen molar-refractivity contribution in [2.24, 2.45) is 11.7 Å². The van der Waals surface area contributed by atoms with Crippen molar-refractivity contribution >= 4 is 48.9 Å². The highest BCUT2D eigenvalue weighted by Gasteiger charge is 2.26. The number of thiazole rings is 1. The summed E-state index contributed by atoms with van der Waals surface area (Å²) in [5.74, 6) is 1.06. The minimum absolute atomic E-state index is 0.364.